The number of morpholine rings is 1. The number of amides is 2. The number of H-pyrrole nitrogens is 1. The Labute approximate surface area is 243 Å². The van der Waals surface area contributed by atoms with E-state index in [-0.39, 0.29) is 11.8 Å². The van der Waals surface area contributed by atoms with Crippen LogP contribution in [-0.2, 0) is 4.74 Å². The smallest absolute Gasteiger partial charge is 0.255 e. The molecular weight excluding hydrogens is 526 g/mol. The van der Waals surface area contributed by atoms with Gasteiger partial charge in [-0.1, -0.05) is 36.4 Å². The van der Waals surface area contributed by atoms with E-state index in [1.54, 1.807) is 6.33 Å². The zero-order valence-corrected chi connectivity index (χ0v) is 23.4. The first-order chi connectivity index (χ1) is 20.5. The molecule has 1 saturated heterocycles. The van der Waals surface area contributed by atoms with Crippen molar-refractivity contribution in [1.29, 1.82) is 0 Å². The normalized spacial score (nSPS) is 15.1. The van der Waals surface area contributed by atoms with Crippen molar-refractivity contribution in [2.75, 3.05) is 31.6 Å². The standard InChI is InChI=1S/C34H31N5O3/c1-21-27(3-2-4-29(21)38-33(40)25-11-7-23(8-12-25)22-5-6-22)31-28-19-30(37-32(28)36-20-35-31)24-9-13-26(14-10-24)34(41)39-15-17-42-18-16-39/h2-4,7-14,19-20,22H,5-6,15-18H2,1H3,(H,38,40)(H,35,36,37). The monoisotopic (exact) mass is 557 g/mol. The Balaban J connectivity index is 1.14. The van der Waals surface area contributed by atoms with Crippen molar-refractivity contribution in [3.05, 3.63) is 101 Å². The Morgan fingerprint density at radius 1 is 0.929 bits per heavy atom. The Hall–Kier alpha value is -4.82. The summed E-state index contributed by atoms with van der Waals surface area (Å²) in [6, 6.07) is 23.4. The van der Waals surface area contributed by atoms with E-state index in [0.29, 0.717) is 49.0 Å². The highest BCUT2D eigenvalue weighted by atomic mass is 16.5. The first-order valence-corrected chi connectivity index (χ1v) is 14.4. The number of carbonyl (C=O) groups is 2. The van der Waals surface area contributed by atoms with Crippen LogP contribution in [0.5, 0.6) is 0 Å². The number of fused-ring (bicyclic) bond motifs is 1. The van der Waals surface area contributed by atoms with Gasteiger partial charge in [0.2, 0.25) is 0 Å². The summed E-state index contributed by atoms with van der Waals surface area (Å²) in [5.41, 5.74) is 8.52. The van der Waals surface area contributed by atoms with Crippen LogP contribution in [0.1, 0.15) is 50.6 Å². The number of benzene rings is 3. The van der Waals surface area contributed by atoms with Crippen molar-refractivity contribution < 1.29 is 14.3 Å². The Morgan fingerprint density at radius 3 is 2.40 bits per heavy atom. The minimum absolute atomic E-state index is 0.0207. The topological polar surface area (TPSA) is 100 Å². The van der Waals surface area contributed by atoms with Crippen molar-refractivity contribution >= 4 is 28.5 Å². The first-order valence-electron chi connectivity index (χ1n) is 14.4. The van der Waals surface area contributed by atoms with Gasteiger partial charge in [0.05, 0.1) is 18.9 Å². The molecule has 3 heterocycles. The summed E-state index contributed by atoms with van der Waals surface area (Å²) in [5.74, 6) is 0.542. The molecular formula is C34H31N5O3. The third kappa shape index (κ3) is 5.05. The largest absolute Gasteiger partial charge is 0.378 e. The summed E-state index contributed by atoms with van der Waals surface area (Å²) < 4.78 is 5.37. The summed E-state index contributed by atoms with van der Waals surface area (Å²) in [4.78, 5) is 40.3. The van der Waals surface area contributed by atoms with E-state index in [4.69, 9.17) is 4.74 Å². The molecule has 1 aliphatic carbocycles. The van der Waals surface area contributed by atoms with Gasteiger partial charge in [0.15, 0.2) is 0 Å². The van der Waals surface area contributed by atoms with E-state index in [1.165, 1.54) is 18.4 Å². The molecule has 8 heteroatoms. The molecule has 0 atom stereocenters. The zero-order valence-electron chi connectivity index (χ0n) is 23.4. The van der Waals surface area contributed by atoms with E-state index in [0.717, 1.165) is 39.2 Å². The molecule has 5 aromatic rings. The molecule has 42 heavy (non-hydrogen) atoms. The van der Waals surface area contributed by atoms with Crippen LogP contribution < -0.4 is 5.32 Å². The fourth-order valence-corrected chi connectivity index (χ4v) is 5.60. The lowest BCUT2D eigenvalue weighted by Crippen LogP contribution is -2.40. The SMILES string of the molecule is Cc1c(NC(=O)c2ccc(C3CC3)cc2)cccc1-c1ncnc2[nH]c(-c3ccc(C(=O)N4CCOCC4)cc3)cc12. The number of hydrogen-bond donors (Lipinski definition) is 2. The van der Waals surface area contributed by atoms with Crippen molar-refractivity contribution in [3.8, 4) is 22.5 Å². The van der Waals surface area contributed by atoms with Gasteiger partial charge >= 0.3 is 0 Å². The Bertz CT molecular complexity index is 1780. The number of hydrogen-bond acceptors (Lipinski definition) is 5. The zero-order chi connectivity index (χ0) is 28.6. The lowest BCUT2D eigenvalue weighted by Gasteiger charge is -2.26. The molecule has 210 valence electrons. The Kier molecular flexibility index (Phi) is 6.76. The number of rotatable bonds is 6. The summed E-state index contributed by atoms with van der Waals surface area (Å²) in [5, 5.41) is 3.97. The maximum atomic E-state index is 13.1. The van der Waals surface area contributed by atoms with Gasteiger partial charge in [0.25, 0.3) is 11.8 Å². The van der Waals surface area contributed by atoms with Gasteiger partial charge in [0.1, 0.15) is 12.0 Å². The summed E-state index contributed by atoms with van der Waals surface area (Å²) in [6.07, 6.45) is 4.02. The second-order valence-corrected chi connectivity index (χ2v) is 11.0. The van der Waals surface area contributed by atoms with Crippen LogP contribution in [0.4, 0.5) is 5.69 Å². The van der Waals surface area contributed by atoms with Crippen LogP contribution in [0, 0.1) is 6.92 Å². The predicted molar refractivity (Wildman–Crippen MR) is 163 cm³/mol. The molecule has 2 amide bonds. The van der Waals surface area contributed by atoms with Crippen LogP contribution in [-0.4, -0.2) is 58.0 Å². The molecule has 0 spiro atoms. The van der Waals surface area contributed by atoms with Gasteiger partial charge in [-0.2, -0.15) is 0 Å². The van der Waals surface area contributed by atoms with E-state index in [1.807, 2.05) is 72.5 Å². The maximum absolute atomic E-state index is 13.1. The minimum Gasteiger partial charge on any atom is -0.378 e. The van der Waals surface area contributed by atoms with Gasteiger partial charge in [0, 0.05) is 46.5 Å². The number of aromatic amines is 1. The van der Waals surface area contributed by atoms with Gasteiger partial charge < -0.3 is 19.9 Å². The average Bonchev–Trinajstić information content (AvgIpc) is 3.80. The lowest BCUT2D eigenvalue weighted by molar-refractivity contribution is 0.0303. The van der Waals surface area contributed by atoms with Gasteiger partial charge in [-0.3, -0.25) is 9.59 Å². The number of nitrogens with zero attached hydrogens (tertiary/aromatic N) is 3. The molecule has 8 nitrogen and oxygen atoms in total. The van der Waals surface area contributed by atoms with Crippen LogP contribution in [0.25, 0.3) is 33.5 Å². The Morgan fingerprint density at radius 2 is 1.67 bits per heavy atom. The quantitative estimate of drug-likeness (QED) is 0.259. The third-order valence-electron chi connectivity index (χ3n) is 8.23. The maximum Gasteiger partial charge on any atom is 0.255 e. The second kappa shape index (κ2) is 10.9. The van der Waals surface area contributed by atoms with E-state index < -0.39 is 0 Å². The number of ether oxygens (including phenoxy) is 1. The number of aromatic nitrogens is 3. The molecule has 0 bridgehead atoms. The molecule has 2 aliphatic rings. The summed E-state index contributed by atoms with van der Waals surface area (Å²) in [6.45, 7) is 4.37. The lowest BCUT2D eigenvalue weighted by atomic mass is 10.0. The number of nitrogens with one attached hydrogen (secondary N) is 2. The molecule has 0 unspecified atom stereocenters. The van der Waals surface area contributed by atoms with Gasteiger partial charge in [-0.05, 0) is 78.8 Å². The second-order valence-electron chi connectivity index (χ2n) is 11.0. The fraction of sp³-hybridized carbons (Fsp3) is 0.235. The molecule has 7 rings (SSSR count). The highest BCUT2D eigenvalue weighted by molar-refractivity contribution is 6.05. The van der Waals surface area contributed by atoms with Crippen molar-refractivity contribution in [1.82, 2.24) is 19.9 Å². The van der Waals surface area contributed by atoms with Crippen LogP contribution in [0.3, 0.4) is 0 Å². The molecule has 2 aromatic heterocycles. The van der Waals surface area contributed by atoms with Crippen LogP contribution >= 0.6 is 0 Å². The van der Waals surface area contributed by atoms with Crippen molar-refractivity contribution in [2.45, 2.75) is 25.7 Å². The molecule has 1 saturated carbocycles. The molecule has 0 radical (unpaired) electrons. The average molecular weight is 558 g/mol. The molecule has 1 aliphatic heterocycles. The fourth-order valence-electron chi connectivity index (χ4n) is 5.60. The number of carbonyl (C=O) groups excluding carboxylic acids is 2. The predicted octanol–water partition coefficient (Wildman–Crippen LogP) is 6.20. The van der Waals surface area contributed by atoms with Gasteiger partial charge in [-0.25, -0.2) is 9.97 Å². The molecule has 2 fully saturated rings. The number of anilines is 1. The van der Waals surface area contributed by atoms with E-state index >= 15 is 0 Å². The molecule has 2 N–H and O–H groups in total. The minimum atomic E-state index is -0.134. The third-order valence-corrected chi connectivity index (χ3v) is 8.23. The highest BCUT2D eigenvalue weighted by Crippen LogP contribution is 2.40. The van der Waals surface area contributed by atoms with Crippen molar-refractivity contribution in [3.63, 3.8) is 0 Å². The van der Waals surface area contributed by atoms with E-state index in [9.17, 15) is 9.59 Å². The summed E-state index contributed by atoms with van der Waals surface area (Å²) in [7, 11) is 0. The van der Waals surface area contributed by atoms with Crippen LogP contribution in [0.2, 0.25) is 0 Å². The first kappa shape index (κ1) is 26.1. The molecule has 3 aromatic carbocycles. The highest BCUT2D eigenvalue weighted by Gasteiger charge is 2.23. The van der Waals surface area contributed by atoms with E-state index in [2.05, 4.69) is 32.4 Å². The van der Waals surface area contributed by atoms with Crippen molar-refractivity contribution in [2.24, 2.45) is 0 Å². The summed E-state index contributed by atoms with van der Waals surface area (Å²) >= 11 is 0. The van der Waals surface area contributed by atoms with Gasteiger partial charge in [-0.15, -0.1) is 0 Å². The van der Waals surface area contributed by atoms with Crippen LogP contribution in [0.15, 0.2) is 79.1 Å².